The summed E-state index contributed by atoms with van der Waals surface area (Å²) in [6.45, 7) is 3.46. The van der Waals surface area contributed by atoms with Crippen LogP contribution in [0, 0.1) is 6.92 Å². The molecule has 148 valence electrons. The molecule has 1 saturated heterocycles. The lowest BCUT2D eigenvalue weighted by Crippen LogP contribution is -2.39. The van der Waals surface area contributed by atoms with Gasteiger partial charge in [-0.3, -0.25) is 4.79 Å². The van der Waals surface area contributed by atoms with Crippen LogP contribution in [-0.2, 0) is 0 Å². The highest BCUT2D eigenvalue weighted by Gasteiger charge is 2.27. The maximum absolute atomic E-state index is 13.0. The number of benzene rings is 2. The topological polar surface area (TPSA) is 55.3 Å². The number of likely N-dealkylation sites (tertiary alicyclic amines) is 1. The first-order chi connectivity index (χ1) is 14.2. The van der Waals surface area contributed by atoms with E-state index in [1.807, 2.05) is 72.6 Å². The number of hydrogen-bond donors (Lipinski definition) is 0. The maximum Gasteiger partial charge on any atom is 0.254 e. The third kappa shape index (κ3) is 4.14. The van der Waals surface area contributed by atoms with Gasteiger partial charge >= 0.3 is 0 Å². The minimum absolute atomic E-state index is 0.109. The van der Waals surface area contributed by atoms with E-state index in [9.17, 15) is 4.79 Å². The Morgan fingerprint density at radius 3 is 2.66 bits per heavy atom. The van der Waals surface area contributed by atoms with Crippen molar-refractivity contribution in [3.8, 4) is 17.1 Å². The molecule has 0 bridgehead atoms. The van der Waals surface area contributed by atoms with Gasteiger partial charge in [0, 0.05) is 42.0 Å². The molecular weight excluding hydrogens is 362 g/mol. The number of ether oxygens (including phenoxy) is 1. The number of hydrogen-bond acceptors (Lipinski definition) is 4. The molecule has 0 radical (unpaired) electrons. The van der Waals surface area contributed by atoms with Crippen molar-refractivity contribution in [2.24, 2.45) is 0 Å². The monoisotopic (exact) mass is 387 g/mol. The van der Waals surface area contributed by atoms with Crippen LogP contribution in [0.3, 0.4) is 0 Å². The molecule has 3 aromatic rings. The number of piperidine rings is 1. The van der Waals surface area contributed by atoms with Crippen molar-refractivity contribution in [1.29, 1.82) is 0 Å². The van der Waals surface area contributed by atoms with Crippen LogP contribution < -0.4 is 4.74 Å². The van der Waals surface area contributed by atoms with Gasteiger partial charge in [-0.05, 0) is 61.7 Å². The normalized spacial score (nSPS) is 16.5. The van der Waals surface area contributed by atoms with Crippen LogP contribution in [0.15, 0.2) is 60.8 Å². The Bertz CT molecular complexity index is 1000. The molecule has 4 rings (SSSR count). The van der Waals surface area contributed by atoms with Crippen LogP contribution in [0.5, 0.6) is 5.75 Å². The maximum atomic E-state index is 13.0. The van der Waals surface area contributed by atoms with Gasteiger partial charge < -0.3 is 9.64 Å². The standard InChI is InChI=1S/C24H25N3O2/c1-17-6-3-4-8-21(17)24(28)27-15-5-7-19(16-27)22-13-14-25-23(26-22)18-9-11-20(29-2)12-10-18/h3-4,6,8-14,19H,5,7,15-16H2,1-2H3/t19-/m1/s1. The molecule has 0 spiro atoms. The molecule has 1 amide bonds. The van der Waals surface area contributed by atoms with E-state index >= 15 is 0 Å². The van der Waals surface area contributed by atoms with Gasteiger partial charge in [-0.2, -0.15) is 0 Å². The predicted molar refractivity (Wildman–Crippen MR) is 113 cm³/mol. The average Bonchev–Trinajstić information content (AvgIpc) is 2.79. The summed E-state index contributed by atoms with van der Waals surface area (Å²) in [5, 5.41) is 0. The molecular formula is C24H25N3O2. The molecule has 0 N–H and O–H groups in total. The summed E-state index contributed by atoms with van der Waals surface area (Å²) < 4.78 is 5.22. The molecule has 29 heavy (non-hydrogen) atoms. The quantitative estimate of drug-likeness (QED) is 0.662. The number of carbonyl (C=O) groups is 1. The Balaban J connectivity index is 1.54. The van der Waals surface area contributed by atoms with Gasteiger partial charge in [-0.25, -0.2) is 9.97 Å². The number of carbonyl (C=O) groups excluding carboxylic acids is 1. The smallest absolute Gasteiger partial charge is 0.254 e. The minimum Gasteiger partial charge on any atom is -0.497 e. The van der Waals surface area contributed by atoms with Crippen LogP contribution in [-0.4, -0.2) is 41.0 Å². The molecule has 1 aliphatic rings. The fourth-order valence-corrected chi connectivity index (χ4v) is 3.87. The zero-order chi connectivity index (χ0) is 20.2. The number of amides is 1. The first-order valence-corrected chi connectivity index (χ1v) is 9.98. The van der Waals surface area contributed by atoms with Crippen molar-refractivity contribution < 1.29 is 9.53 Å². The summed E-state index contributed by atoms with van der Waals surface area (Å²) in [4.78, 5) is 24.2. The number of nitrogens with zero attached hydrogens (tertiary/aromatic N) is 3. The van der Waals surface area contributed by atoms with Crippen LogP contribution >= 0.6 is 0 Å². The third-order valence-corrected chi connectivity index (χ3v) is 5.53. The highest BCUT2D eigenvalue weighted by atomic mass is 16.5. The second-order valence-electron chi connectivity index (χ2n) is 7.44. The lowest BCUT2D eigenvalue weighted by molar-refractivity contribution is 0.0705. The first kappa shape index (κ1) is 19.1. The van der Waals surface area contributed by atoms with Gasteiger partial charge in [0.1, 0.15) is 5.75 Å². The van der Waals surface area contributed by atoms with Crippen molar-refractivity contribution in [3.05, 3.63) is 77.6 Å². The van der Waals surface area contributed by atoms with E-state index in [4.69, 9.17) is 9.72 Å². The third-order valence-electron chi connectivity index (χ3n) is 5.53. The van der Waals surface area contributed by atoms with E-state index in [1.165, 1.54) is 0 Å². The summed E-state index contributed by atoms with van der Waals surface area (Å²) in [7, 11) is 1.65. The van der Waals surface area contributed by atoms with Crippen LogP contribution in [0.2, 0.25) is 0 Å². The van der Waals surface area contributed by atoms with Crippen molar-refractivity contribution in [3.63, 3.8) is 0 Å². The molecule has 0 aliphatic carbocycles. The fraction of sp³-hybridized carbons (Fsp3) is 0.292. The van der Waals surface area contributed by atoms with Gasteiger partial charge in [0.2, 0.25) is 0 Å². The summed E-state index contributed by atoms with van der Waals surface area (Å²) >= 11 is 0. The number of aryl methyl sites for hydroxylation is 1. The molecule has 1 aromatic heterocycles. The van der Waals surface area contributed by atoms with Crippen molar-refractivity contribution in [2.45, 2.75) is 25.7 Å². The minimum atomic E-state index is 0.109. The van der Waals surface area contributed by atoms with E-state index in [0.717, 1.165) is 47.5 Å². The van der Waals surface area contributed by atoms with Gasteiger partial charge in [0.25, 0.3) is 5.91 Å². The Morgan fingerprint density at radius 1 is 1.10 bits per heavy atom. The molecule has 1 atom stereocenters. The molecule has 5 heteroatoms. The highest BCUT2D eigenvalue weighted by molar-refractivity contribution is 5.95. The largest absolute Gasteiger partial charge is 0.497 e. The van der Waals surface area contributed by atoms with Gasteiger partial charge in [0.15, 0.2) is 5.82 Å². The van der Waals surface area contributed by atoms with Gasteiger partial charge in [-0.1, -0.05) is 18.2 Å². The Kier molecular flexibility index (Phi) is 5.56. The van der Waals surface area contributed by atoms with E-state index in [2.05, 4.69) is 4.98 Å². The van der Waals surface area contributed by atoms with E-state index in [-0.39, 0.29) is 11.8 Å². The molecule has 0 saturated carbocycles. The van der Waals surface area contributed by atoms with Crippen LogP contribution in [0.4, 0.5) is 0 Å². The second kappa shape index (κ2) is 8.43. The molecule has 5 nitrogen and oxygen atoms in total. The van der Waals surface area contributed by atoms with Gasteiger partial charge in [-0.15, -0.1) is 0 Å². The zero-order valence-corrected chi connectivity index (χ0v) is 16.8. The Hall–Kier alpha value is -3.21. The predicted octanol–water partition coefficient (Wildman–Crippen LogP) is 4.48. The van der Waals surface area contributed by atoms with Crippen molar-refractivity contribution >= 4 is 5.91 Å². The summed E-state index contributed by atoms with van der Waals surface area (Å²) in [6.07, 6.45) is 3.81. The van der Waals surface area contributed by atoms with Crippen LogP contribution in [0.25, 0.3) is 11.4 Å². The Morgan fingerprint density at radius 2 is 1.90 bits per heavy atom. The lowest BCUT2D eigenvalue weighted by atomic mass is 9.93. The lowest BCUT2D eigenvalue weighted by Gasteiger charge is -2.33. The SMILES string of the molecule is COc1ccc(-c2nccc([C@@H]3CCCN(C(=O)c4ccccc4C)C3)n2)cc1. The van der Waals surface area contributed by atoms with Crippen molar-refractivity contribution in [2.75, 3.05) is 20.2 Å². The van der Waals surface area contributed by atoms with Crippen LogP contribution in [0.1, 0.15) is 40.4 Å². The molecule has 1 fully saturated rings. The fourth-order valence-electron chi connectivity index (χ4n) is 3.87. The molecule has 0 unspecified atom stereocenters. The summed E-state index contributed by atoms with van der Waals surface area (Å²) in [5.41, 5.74) is 3.75. The zero-order valence-electron chi connectivity index (χ0n) is 16.8. The first-order valence-electron chi connectivity index (χ1n) is 9.98. The second-order valence-corrected chi connectivity index (χ2v) is 7.44. The van der Waals surface area contributed by atoms with E-state index in [0.29, 0.717) is 12.4 Å². The molecule has 2 aromatic carbocycles. The molecule has 1 aliphatic heterocycles. The Labute approximate surface area is 171 Å². The molecule has 2 heterocycles. The summed E-state index contributed by atoms with van der Waals surface area (Å²) in [6, 6.07) is 17.5. The number of methoxy groups -OCH3 is 1. The van der Waals surface area contributed by atoms with Gasteiger partial charge in [0.05, 0.1) is 7.11 Å². The summed E-state index contributed by atoms with van der Waals surface area (Å²) in [5.74, 6) is 1.84. The van der Waals surface area contributed by atoms with E-state index in [1.54, 1.807) is 7.11 Å². The van der Waals surface area contributed by atoms with E-state index < -0.39 is 0 Å². The average molecular weight is 387 g/mol. The number of rotatable bonds is 4. The highest BCUT2D eigenvalue weighted by Crippen LogP contribution is 2.28. The van der Waals surface area contributed by atoms with Crippen molar-refractivity contribution in [1.82, 2.24) is 14.9 Å². The number of aromatic nitrogens is 2.